The van der Waals surface area contributed by atoms with Gasteiger partial charge in [-0.1, -0.05) is 29.8 Å². The highest BCUT2D eigenvalue weighted by molar-refractivity contribution is 7.90. The van der Waals surface area contributed by atoms with Crippen molar-refractivity contribution in [2.45, 2.75) is 24.9 Å². The van der Waals surface area contributed by atoms with Crippen molar-refractivity contribution in [2.24, 2.45) is 0 Å². The number of pyridine rings is 1. The van der Waals surface area contributed by atoms with Gasteiger partial charge in [-0.2, -0.15) is 10.2 Å². The van der Waals surface area contributed by atoms with Gasteiger partial charge in [-0.3, -0.25) is 9.36 Å². The van der Waals surface area contributed by atoms with Crippen LogP contribution in [-0.4, -0.2) is 48.6 Å². The van der Waals surface area contributed by atoms with E-state index in [1.165, 1.54) is 16.1 Å². The zero-order valence-corrected chi connectivity index (χ0v) is 22.3. The highest BCUT2D eigenvalue weighted by Gasteiger charge is 2.24. The van der Waals surface area contributed by atoms with Crippen molar-refractivity contribution < 1.29 is 17.9 Å². The zero-order valence-electron chi connectivity index (χ0n) is 21.5. The summed E-state index contributed by atoms with van der Waals surface area (Å²) < 4.78 is 45.7. The average molecular weight is 557 g/mol. The molecular formula is C29H25FN6O3S. The van der Waals surface area contributed by atoms with Crippen LogP contribution in [0.4, 0.5) is 4.39 Å². The molecule has 0 saturated heterocycles. The van der Waals surface area contributed by atoms with Gasteiger partial charge in [0.2, 0.25) is 0 Å². The van der Waals surface area contributed by atoms with Crippen LogP contribution in [0.15, 0.2) is 96.7 Å². The lowest BCUT2D eigenvalue weighted by Gasteiger charge is -2.07. The van der Waals surface area contributed by atoms with E-state index in [0.717, 1.165) is 22.3 Å². The van der Waals surface area contributed by atoms with Gasteiger partial charge in [0, 0.05) is 52.4 Å². The minimum Gasteiger partial charge on any atom is -0.394 e. The second-order valence-electron chi connectivity index (χ2n) is 9.52. The van der Waals surface area contributed by atoms with Gasteiger partial charge in [-0.25, -0.2) is 21.8 Å². The number of aliphatic hydroxyl groups excluding tert-OH is 1. The van der Waals surface area contributed by atoms with E-state index >= 15 is 0 Å². The molecule has 6 aromatic rings. The van der Waals surface area contributed by atoms with E-state index in [4.69, 9.17) is 0 Å². The number of nitrogens with zero attached hydrogens (tertiary/aromatic N) is 6. The molecule has 202 valence electrons. The lowest BCUT2D eigenvalue weighted by molar-refractivity contribution is 0.269. The van der Waals surface area contributed by atoms with E-state index in [1.54, 1.807) is 76.9 Å². The number of aliphatic hydroxyl groups is 1. The normalized spacial score (nSPS) is 11.9. The zero-order chi connectivity index (χ0) is 27.9. The van der Waals surface area contributed by atoms with Crippen LogP contribution in [-0.2, 0) is 23.1 Å². The lowest BCUT2D eigenvalue weighted by atomic mass is 10.1. The van der Waals surface area contributed by atoms with Gasteiger partial charge in [0.1, 0.15) is 5.82 Å². The van der Waals surface area contributed by atoms with Gasteiger partial charge in [0.15, 0.2) is 5.65 Å². The van der Waals surface area contributed by atoms with E-state index < -0.39 is 10.0 Å². The minimum atomic E-state index is -3.96. The Morgan fingerprint density at radius 2 is 1.62 bits per heavy atom. The monoisotopic (exact) mass is 556 g/mol. The summed E-state index contributed by atoms with van der Waals surface area (Å²) in [4.78, 5) is 4.73. The number of aromatic nitrogens is 6. The largest absolute Gasteiger partial charge is 0.394 e. The van der Waals surface area contributed by atoms with Crippen molar-refractivity contribution in [3.05, 3.63) is 109 Å². The SMILES string of the molecule is Cc1ccc(S(=O)(=O)n2cc(-c3cnn(Cc4cccc(F)c4)c3)c3cc(-c4cnn(CCO)c4)cnc32)cc1. The molecule has 40 heavy (non-hydrogen) atoms. The first-order valence-electron chi connectivity index (χ1n) is 12.6. The molecule has 0 fully saturated rings. The van der Waals surface area contributed by atoms with Crippen LogP contribution >= 0.6 is 0 Å². The summed E-state index contributed by atoms with van der Waals surface area (Å²) in [6, 6.07) is 14.9. The molecule has 0 radical (unpaired) electrons. The molecule has 6 rings (SSSR count). The molecular weight excluding hydrogens is 531 g/mol. The Morgan fingerprint density at radius 1 is 0.875 bits per heavy atom. The third kappa shape index (κ3) is 4.80. The summed E-state index contributed by atoms with van der Waals surface area (Å²) in [5, 5.41) is 18.6. The minimum absolute atomic E-state index is 0.0398. The molecule has 11 heteroatoms. The van der Waals surface area contributed by atoms with Gasteiger partial charge < -0.3 is 5.11 Å². The van der Waals surface area contributed by atoms with Crippen LogP contribution in [0.5, 0.6) is 0 Å². The molecule has 4 aromatic heterocycles. The lowest BCUT2D eigenvalue weighted by Crippen LogP contribution is -2.12. The molecule has 0 amide bonds. The molecule has 0 unspecified atom stereocenters. The standard InChI is InChI=1S/C29H25FN6O3S/c1-20-5-7-26(8-6-20)40(38,39)36-19-28(24-15-33-35(18-24)16-21-3-2-4-25(30)11-21)27-12-22(13-31-29(27)36)23-14-32-34(17-23)9-10-37/h2-8,11-15,17-19,37H,9-10,16H2,1H3. The fourth-order valence-electron chi connectivity index (χ4n) is 4.62. The second kappa shape index (κ2) is 10.2. The van der Waals surface area contributed by atoms with E-state index in [1.807, 2.05) is 19.1 Å². The maximum absolute atomic E-state index is 13.7. The quantitative estimate of drug-likeness (QED) is 0.296. The first-order chi connectivity index (χ1) is 19.3. The first kappa shape index (κ1) is 25.7. The molecule has 4 heterocycles. The Balaban J connectivity index is 1.48. The van der Waals surface area contributed by atoms with E-state index in [2.05, 4.69) is 15.2 Å². The Morgan fingerprint density at radius 3 is 2.40 bits per heavy atom. The average Bonchev–Trinajstić information content (AvgIpc) is 3.68. The van der Waals surface area contributed by atoms with Gasteiger partial charge >= 0.3 is 0 Å². The third-order valence-electron chi connectivity index (χ3n) is 6.66. The molecule has 0 saturated carbocycles. The van der Waals surface area contributed by atoms with Crippen LogP contribution in [0.1, 0.15) is 11.1 Å². The first-order valence-corrected chi connectivity index (χ1v) is 14.0. The predicted octanol–water partition coefficient (Wildman–Crippen LogP) is 4.49. The van der Waals surface area contributed by atoms with Crippen molar-refractivity contribution in [1.29, 1.82) is 0 Å². The smallest absolute Gasteiger partial charge is 0.269 e. The Kier molecular flexibility index (Phi) is 6.53. The fraction of sp³-hybridized carbons (Fsp3) is 0.138. The van der Waals surface area contributed by atoms with Crippen molar-refractivity contribution in [2.75, 3.05) is 6.61 Å². The van der Waals surface area contributed by atoms with E-state index in [0.29, 0.717) is 29.6 Å². The maximum atomic E-state index is 13.7. The summed E-state index contributed by atoms with van der Waals surface area (Å²) >= 11 is 0. The molecule has 0 aliphatic carbocycles. The number of halogens is 1. The summed E-state index contributed by atoms with van der Waals surface area (Å²) in [5.74, 6) is -0.324. The van der Waals surface area contributed by atoms with Crippen LogP contribution in [0.3, 0.4) is 0 Å². The third-order valence-corrected chi connectivity index (χ3v) is 8.33. The van der Waals surface area contributed by atoms with Gasteiger partial charge in [-0.15, -0.1) is 0 Å². The molecule has 1 N–H and O–H groups in total. The summed E-state index contributed by atoms with van der Waals surface area (Å²) in [6.45, 7) is 2.57. The van der Waals surface area contributed by atoms with E-state index in [9.17, 15) is 17.9 Å². The van der Waals surface area contributed by atoms with Crippen LogP contribution < -0.4 is 0 Å². The predicted molar refractivity (Wildman–Crippen MR) is 149 cm³/mol. The van der Waals surface area contributed by atoms with Crippen molar-refractivity contribution in [1.82, 2.24) is 28.5 Å². The molecule has 2 aromatic carbocycles. The van der Waals surface area contributed by atoms with Gasteiger partial charge in [0.25, 0.3) is 10.0 Å². The molecule has 0 spiro atoms. The number of aryl methyl sites for hydroxylation is 1. The van der Waals surface area contributed by atoms with Crippen molar-refractivity contribution >= 4 is 21.1 Å². The number of hydrogen-bond acceptors (Lipinski definition) is 6. The number of fused-ring (bicyclic) bond motifs is 1. The highest BCUT2D eigenvalue weighted by atomic mass is 32.2. The fourth-order valence-corrected chi connectivity index (χ4v) is 5.95. The van der Waals surface area contributed by atoms with Gasteiger partial charge in [0.05, 0.1) is 37.0 Å². The number of benzene rings is 2. The Bertz CT molecular complexity index is 1940. The Hall–Kier alpha value is -4.61. The van der Waals surface area contributed by atoms with Crippen molar-refractivity contribution in [3.8, 4) is 22.3 Å². The number of hydrogen-bond donors (Lipinski definition) is 1. The molecule has 9 nitrogen and oxygen atoms in total. The second-order valence-corrected chi connectivity index (χ2v) is 11.3. The van der Waals surface area contributed by atoms with Gasteiger partial charge in [-0.05, 0) is 42.8 Å². The van der Waals surface area contributed by atoms with Crippen LogP contribution in [0, 0.1) is 12.7 Å². The molecule has 0 aliphatic rings. The highest BCUT2D eigenvalue weighted by Crippen LogP contribution is 2.34. The number of rotatable bonds is 8. The van der Waals surface area contributed by atoms with Crippen LogP contribution in [0.2, 0.25) is 0 Å². The van der Waals surface area contributed by atoms with Crippen molar-refractivity contribution in [3.63, 3.8) is 0 Å². The van der Waals surface area contributed by atoms with Crippen LogP contribution in [0.25, 0.3) is 33.3 Å². The summed E-state index contributed by atoms with van der Waals surface area (Å²) in [5.41, 5.74) is 4.83. The molecule has 0 aliphatic heterocycles. The molecule has 0 bridgehead atoms. The van der Waals surface area contributed by atoms with E-state index in [-0.39, 0.29) is 23.0 Å². The summed E-state index contributed by atoms with van der Waals surface area (Å²) in [7, 11) is -3.96. The maximum Gasteiger partial charge on any atom is 0.269 e. The molecule has 0 atom stereocenters. The summed E-state index contributed by atoms with van der Waals surface area (Å²) in [6.07, 6.45) is 10.1. The topological polar surface area (TPSA) is 108 Å². The Labute approximate surface area is 229 Å².